The lowest BCUT2D eigenvalue weighted by molar-refractivity contribution is 0.151. The Morgan fingerprint density at radius 3 is 2.56 bits per heavy atom. The number of benzene rings is 1. The zero-order valence-corrected chi connectivity index (χ0v) is 9.34. The van der Waals surface area contributed by atoms with Crippen molar-refractivity contribution >= 4 is 0 Å². The Hall–Kier alpha value is -1.68. The number of aromatic nitrogens is 2. The molecule has 2 aromatic rings. The molecule has 1 aromatic heterocycles. The van der Waals surface area contributed by atoms with Crippen LogP contribution in [0.3, 0.4) is 0 Å². The highest BCUT2D eigenvalue weighted by Crippen LogP contribution is 2.12. The first-order chi connectivity index (χ1) is 7.65. The third-order valence-corrected chi connectivity index (χ3v) is 2.32. The van der Waals surface area contributed by atoms with Crippen molar-refractivity contribution in [3.63, 3.8) is 0 Å². The first-order valence-corrected chi connectivity index (χ1v) is 5.21. The van der Waals surface area contributed by atoms with Crippen LogP contribution < -0.4 is 0 Å². The number of aliphatic hydroxyl groups is 1. The van der Waals surface area contributed by atoms with E-state index in [4.69, 9.17) is 4.52 Å². The molecule has 1 atom stereocenters. The second-order valence-electron chi connectivity index (χ2n) is 3.89. The van der Waals surface area contributed by atoms with Crippen molar-refractivity contribution in [2.24, 2.45) is 0 Å². The molecule has 1 N–H and O–H groups in total. The normalized spacial score (nSPS) is 12.7. The van der Waals surface area contributed by atoms with Crippen LogP contribution in [0.15, 0.2) is 28.8 Å². The van der Waals surface area contributed by atoms with Crippen molar-refractivity contribution in [1.29, 1.82) is 0 Å². The molecular formula is C12H14N2O2. The van der Waals surface area contributed by atoms with Crippen molar-refractivity contribution in [3.8, 4) is 0 Å². The maximum Gasteiger partial charge on any atom is 0.255 e. The first-order valence-electron chi connectivity index (χ1n) is 5.21. The lowest BCUT2D eigenvalue weighted by Crippen LogP contribution is -1.93. The van der Waals surface area contributed by atoms with Crippen LogP contribution in [0.1, 0.15) is 35.9 Å². The molecule has 0 unspecified atom stereocenters. The number of nitrogens with zero attached hydrogens (tertiary/aromatic N) is 2. The summed E-state index contributed by atoms with van der Waals surface area (Å²) in [6, 6.07) is 8.16. The SMILES string of the molecule is Cc1ccc(Cc2noc([C@H](C)O)n2)cc1. The number of rotatable bonds is 3. The van der Waals surface area contributed by atoms with Gasteiger partial charge in [0.1, 0.15) is 6.10 Å². The molecule has 0 radical (unpaired) electrons. The van der Waals surface area contributed by atoms with Crippen LogP contribution in [0.25, 0.3) is 0 Å². The van der Waals surface area contributed by atoms with Crippen LogP contribution in [-0.4, -0.2) is 15.2 Å². The molecule has 0 saturated heterocycles. The van der Waals surface area contributed by atoms with Crippen LogP contribution in [0, 0.1) is 6.92 Å². The Bertz CT molecular complexity index is 460. The Balaban J connectivity index is 2.11. The molecule has 2 rings (SSSR count). The molecule has 4 nitrogen and oxygen atoms in total. The minimum Gasteiger partial charge on any atom is -0.384 e. The largest absolute Gasteiger partial charge is 0.384 e. The second kappa shape index (κ2) is 4.45. The third kappa shape index (κ3) is 2.46. The standard InChI is InChI=1S/C12H14N2O2/c1-8-3-5-10(6-4-8)7-11-13-12(9(2)15)16-14-11/h3-6,9,15H,7H2,1-2H3/t9-/m0/s1. The van der Waals surface area contributed by atoms with Gasteiger partial charge in [0.15, 0.2) is 5.82 Å². The van der Waals surface area contributed by atoms with E-state index >= 15 is 0 Å². The van der Waals surface area contributed by atoms with Crippen LogP contribution in [0.2, 0.25) is 0 Å². The van der Waals surface area contributed by atoms with Crippen LogP contribution in [-0.2, 0) is 6.42 Å². The summed E-state index contributed by atoms with van der Waals surface area (Å²) < 4.78 is 4.91. The summed E-state index contributed by atoms with van der Waals surface area (Å²) >= 11 is 0. The van der Waals surface area contributed by atoms with Crippen molar-refractivity contribution in [1.82, 2.24) is 10.1 Å². The number of aliphatic hydroxyl groups excluding tert-OH is 1. The maximum absolute atomic E-state index is 9.24. The van der Waals surface area contributed by atoms with E-state index in [0.29, 0.717) is 12.2 Å². The average molecular weight is 218 g/mol. The highest BCUT2D eigenvalue weighted by atomic mass is 16.5. The first kappa shape index (κ1) is 10.8. The fourth-order valence-electron chi connectivity index (χ4n) is 1.40. The number of aryl methyl sites for hydroxylation is 1. The zero-order valence-electron chi connectivity index (χ0n) is 9.34. The molecule has 1 heterocycles. The fraction of sp³-hybridized carbons (Fsp3) is 0.333. The van der Waals surface area contributed by atoms with E-state index in [-0.39, 0.29) is 5.89 Å². The van der Waals surface area contributed by atoms with Crippen molar-refractivity contribution in [2.45, 2.75) is 26.4 Å². The summed E-state index contributed by atoms with van der Waals surface area (Å²) in [7, 11) is 0. The smallest absolute Gasteiger partial charge is 0.255 e. The lowest BCUT2D eigenvalue weighted by Gasteiger charge is -1.97. The number of hydrogen-bond donors (Lipinski definition) is 1. The summed E-state index contributed by atoms with van der Waals surface area (Å²) in [5.41, 5.74) is 2.35. The molecular weight excluding hydrogens is 204 g/mol. The van der Waals surface area contributed by atoms with E-state index in [1.807, 2.05) is 31.2 Å². The highest BCUT2D eigenvalue weighted by molar-refractivity contribution is 5.23. The topological polar surface area (TPSA) is 59.2 Å². The molecule has 1 aromatic carbocycles. The Morgan fingerprint density at radius 2 is 2.00 bits per heavy atom. The summed E-state index contributed by atoms with van der Waals surface area (Å²) in [5, 5.41) is 13.1. The van der Waals surface area contributed by atoms with E-state index < -0.39 is 6.10 Å². The molecule has 0 amide bonds. The predicted molar refractivity (Wildman–Crippen MR) is 58.9 cm³/mol. The predicted octanol–water partition coefficient (Wildman–Crippen LogP) is 2.02. The molecule has 0 spiro atoms. The molecule has 16 heavy (non-hydrogen) atoms. The highest BCUT2D eigenvalue weighted by Gasteiger charge is 2.11. The van der Waals surface area contributed by atoms with Crippen LogP contribution >= 0.6 is 0 Å². The van der Waals surface area contributed by atoms with Gasteiger partial charge in [-0.2, -0.15) is 4.98 Å². The maximum atomic E-state index is 9.24. The minimum absolute atomic E-state index is 0.266. The molecule has 0 aliphatic carbocycles. The quantitative estimate of drug-likeness (QED) is 0.856. The molecule has 84 valence electrons. The minimum atomic E-state index is -0.709. The molecule has 0 fully saturated rings. The fourth-order valence-corrected chi connectivity index (χ4v) is 1.40. The second-order valence-corrected chi connectivity index (χ2v) is 3.89. The zero-order chi connectivity index (χ0) is 11.5. The molecule has 0 aliphatic rings. The van der Waals surface area contributed by atoms with Gasteiger partial charge in [-0.05, 0) is 19.4 Å². The van der Waals surface area contributed by atoms with Gasteiger partial charge in [-0.1, -0.05) is 35.0 Å². The van der Waals surface area contributed by atoms with Gasteiger partial charge in [0.05, 0.1) is 0 Å². The Labute approximate surface area is 93.9 Å². The molecule has 0 aliphatic heterocycles. The van der Waals surface area contributed by atoms with Crippen LogP contribution in [0.5, 0.6) is 0 Å². The van der Waals surface area contributed by atoms with Gasteiger partial charge >= 0.3 is 0 Å². The lowest BCUT2D eigenvalue weighted by atomic mass is 10.1. The summed E-state index contributed by atoms with van der Waals surface area (Å²) in [5.74, 6) is 0.863. The van der Waals surface area contributed by atoms with Gasteiger partial charge in [-0.15, -0.1) is 0 Å². The molecule has 4 heteroatoms. The van der Waals surface area contributed by atoms with E-state index in [9.17, 15) is 5.11 Å². The van der Waals surface area contributed by atoms with Crippen molar-refractivity contribution in [3.05, 3.63) is 47.1 Å². The Kier molecular flexibility index (Phi) is 3.01. The van der Waals surface area contributed by atoms with E-state index in [1.54, 1.807) is 6.92 Å². The third-order valence-electron chi connectivity index (χ3n) is 2.32. The van der Waals surface area contributed by atoms with Crippen molar-refractivity contribution < 1.29 is 9.63 Å². The van der Waals surface area contributed by atoms with Crippen LogP contribution in [0.4, 0.5) is 0 Å². The monoisotopic (exact) mass is 218 g/mol. The summed E-state index contributed by atoms with van der Waals surface area (Å²) in [4.78, 5) is 4.10. The summed E-state index contributed by atoms with van der Waals surface area (Å²) in [6.45, 7) is 3.65. The van der Waals surface area contributed by atoms with Gasteiger partial charge in [0.25, 0.3) is 5.89 Å². The van der Waals surface area contributed by atoms with E-state index in [2.05, 4.69) is 10.1 Å². The van der Waals surface area contributed by atoms with E-state index in [1.165, 1.54) is 5.56 Å². The molecule has 0 saturated carbocycles. The van der Waals surface area contributed by atoms with Gasteiger partial charge in [-0.3, -0.25) is 0 Å². The van der Waals surface area contributed by atoms with Gasteiger partial charge < -0.3 is 9.63 Å². The van der Waals surface area contributed by atoms with Gasteiger partial charge in [0.2, 0.25) is 0 Å². The van der Waals surface area contributed by atoms with Crippen molar-refractivity contribution in [2.75, 3.05) is 0 Å². The molecule has 0 bridgehead atoms. The van der Waals surface area contributed by atoms with E-state index in [0.717, 1.165) is 5.56 Å². The number of hydrogen-bond acceptors (Lipinski definition) is 4. The Morgan fingerprint density at radius 1 is 1.31 bits per heavy atom. The summed E-state index contributed by atoms with van der Waals surface area (Å²) in [6.07, 6.45) is -0.0875. The average Bonchev–Trinajstić information content (AvgIpc) is 2.70. The van der Waals surface area contributed by atoms with Gasteiger partial charge in [-0.25, -0.2) is 0 Å². The van der Waals surface area contributed by atoms with Gasteiger partial charge in [0, 0.05) is 6.42 Å².